The van der Waals surface area contributed by atoms with Gasteiger partial charge in [0.15, 0.2) is 0 Å². The third-order valence-electron chi connectivity index (χ3n) is 2.02. The molecule has 0 aliphatic carbocycles. The van der Waals surface area contributed by atoms with E-state index < -0.39 is 0 Å². The highest BCUT2D eigenvalue weighted by atomic mass is 32.1. The number of carbonyl (C=O) groups excluding carboxylic acids is 1. The predicted molar refractivity (Wildman–Crippen MR) is 62.1 cm³/mol. The van der Waals surface area contributed by atoms with Gasteiger partial charge in [0.1, 0.15) is 0 Å². The number of nitrogens with one attached hydrogen (secondary N) is 1. The molecular formula is C10H17N3OS. The molecule has 0 saturated carbocycles. The molecule has 2 amide bonds. The summed E-state index contributed by atoms with van der Waals surface area (Å²) >= 11 is 1.65. The number of rotatable bonds is 3. The Morgan fingerprint density at radius 1 is 1.67 bits per heavy atom. The van der Waals surface area contributed by atoms with Crippen LogP contribution in [0, 0.1) is 0 Å². The van der Waals surface area contributed by atoms with Gasteiger partial charge in [0.05, 0.1) is 17.2 Å². The number of hydrogen-bond acceptors (Lipinski definition) is 3. The molecule has 1 rings (SSSR count). The van der Waals surface area contributed by atoms with Gasteiger partial charge in [-0.2, -0.15) is 0 Å². The maximum atomic E-state index is 11.2. The highest BCUT2D eigenvalue weighted by molar-refractivity contribution is 7.09. The molecule has 0 aromatic carbocycles. The van der Waals surface area contributed by atoms with E-state index in [1.165, 1.54) is 0 Å². The van der Waals surface area contributed by atoms with Crippen molar-refractivity contribution >= 4 is 17.4 Å². The summed E-state index contributed by atoms with van der Waals surface area (Å²) in [4.78, 5) is 17.3. The van der Waals surface area contributed by atoms with Crippen LogP contribution >= 0.6 is 11.3 Å². The second kappa shape index (κ2) is 5.11. The maximum absolute atomic E-state index is 11.2. The van der Waals surface area contributed by atoms with Crippen molar-refractivity contribution in [2.45, 2.75) is 26.3 Å². The molecule has 0 aliphatic heterocycles. The zero-order valence-electron chi connectivity index (χ0n) is 9.57. The first kappa shape index (κ1) is 12.0. The molecule has 84 valence electrons. The van der Waals surface area contributed by atoms with E-state index in [9.17, 15) is 4.79 Å². The lowest BCUT2D eigenvalue weighted by molar-refractivity contribution is 0.209. The third kappa shape index (κ3) is 3.20. The molecule has 0 aliphatic rings. The molecular weight excluding hydrogens is 210 g/mol. The first-order valence-corrected chi connectivity index (χ1v) is 5.79. The Balaban J connectivity index is 2.61. The molecule has 1 N–H and O–H groups in total. The van der Waals surface area contributed by atoms with E-state index in [0.717, 1.165) is 10.7 Å². The zero-order valence-corrected chi connectivity index (χ0v) is 10.4. The van der Waals surface area contributed by atoms with Crippen molar-refractivity contribution in [3.63, 3.8) is 0 Å². The average Bonchev–Trinajstić information content (AvgIpc) is 2.65. The second-order valence-electron chi connectivity index (χ2n) is 3.74. The Hall–Kier alpha value is -1.10. The fraction of sp³-hybridized carbons (Fsp3) is 0.600. The van der Waals surface area contributed by atoms with Crippen LogP contribution in [-0.4, -0.2) is 30.0 Å². The van der Waals surface area contributed by atoms with E-state index in [-0.39, 0.29) is 6.03 Å². The lowest BCUT2D eigenvalue weighted by Gasteiger charge is -2.14. The van der Waals surface area contributed by atoms with Crippen molar-refractivity contribution in [3.05, 3.63) is 16.1 Å². The van der Waals surface area contributed by atoms with E-state index in [1.807, 2.05) is 5.38 Å². The molecule has 0 radical (unpaired) electrons. The quantitative estimate of drug-likeness (QED) is 0.859. The summed E-state index contributed by atoms with van der Waals surface area (Å²) in [5, 5.41) is 5.71. The maximum Gasteiger partial charge on any atom is 0.317 e. The normalized spacial score (nSPS) is 10.5. The summed E-state index contributed by atoms with van der Waals surface area (Å²) in [5.74, 6) is 0.453. The van der Waals surface area contributed by atoms with Gasteiger partial charge in [0.2, 0.25) is 0 Å². The Bertz CT molecular complexity index is 335. The van der Waals surface area contributed by atoms with Crippen LogP contribution in [0.3, 0.4) is 0 Å². The number of nitrogens with zero attached hydrogens (tertiary/aromatic N) is 2. The van der Waals surface area contributed by atoms with E-state index >= 15 is 0 Å². The second-order valence-corrected chi connectivity index (χ2v) is 4.63. The predicted octanol–water partition coefficient (Wildman–Crippen LogP) is 2.04. The summed E-state index contributed by atoms with van der Waals surface area (Å²) in [6, 6.07) is -0.0888. The SMILES string of the molecule is CNC(=O)N(C)Cc1csc(C(C)C)n1. The van der Waals surface area contributed by atoms with E-state index in [0.29, 0.717) is 12.5 Å². The van der Waals surface area contributed by atoms with Crippen LogP contribution in [0.25, 0.3) is 0 Å². The van der Waals surface area contributed by atoms with E-state index in [2.05, 4.69) is 24.1 Å². The van der Waals surface area contributed by atoms with Gasteiger partial charge in [-0.1, -0.05) is 13.8 Å². The van der Waals surface area contributed by atoms with Crippen LogP contribution in [0.5, 0.6) is 0 Å². The lowest BCUT2D eigenvalue weighted by atomic mass is 10.2. The largest absolute Gasteiger partial charge is 0.341 e. The smallest absolute Gasteiger partial charge is 0.317 e. The molecule has 1 heterocycles. The fourth-order valence-electron chi connectivity index (χ4n) is 1.17. The number of thiazole rings is 1. The fourth-order valence-corrected chi connectivity index (χ4v) is 1.99. The molecule has 0 saturated heterocycles. The van der Waals surface area contributed by atoms with Gasteiger partial charge in [0, 0.05) is 25.4 Å². The standard InChI is InChI=1S/C10H17N3OS/c1-7(2)9-12-8(6-15-9)5-13(4)10(14)11-3/h6-7H,5H2,1-4H3,(H,11,14). The Kier molecular flexibility index (Phi) is 4.08. The first-order chi connectivity index (χ1) is 7.04. The van der Waals surface area contributed by atoms with Crippen LogP contribution in [0.1, 0.15) is 30.5 Å². The van der Waals surface area contributed by atoms with Gasteiger partial charge in [0.25, 0.3) is 0 Å². The van der Waals surface area contributed by atoms with Gasteiger partial charge in [-0.3, -0.25) is 0 Å². The minimum absolute atomic E-state index is 0.0888. The number of hydrogen-bond donors (Lipinski definition) is 1. The van der Waals surface area contributed by atoms with Crippen molar-refractivity contribution in [3.8, 4) is 0 Å². The van der Waals surface area contributed by atoms with Crippen LogP contribution < -0.4 is 5.32 Å². The minimum Gasteiger partial charge on any atom is -0.341 e. The molecule has 1 aromatic rings. The van der Waals surface area contributed by atoms with E-state index in [1.54, 1.807) is 30.3 Å². The van der Waals surface area contributed by atoms with Gasteiger partial charge < -0.3 is 10.2 Å². The van der Waals surface area contributed by atoms with Gasteiger partial charge >= 0.3 is 6.03 Å². The number of amides is 2. The summed E-state index contributed by atoms with van der Waals surface area (Å²) in [7, 11) is 3.38. The number of aromatic nitrogens is 1. The Morgan fingerprint density at radius 2 is 2.33 bits per heavy atom. The molecule has 0 bridgehead atoms. The van der Waals surface area contributed by atoms with Gasteiger partial charge in [-0.05, 0) is 0 Å². The molecule has 0 spiro atoms. The Labute approximate surface area is 94.3 Å². The van der Waals surface area contributed by atoms with Gasteiger partial charge in [-0.15, -0.1) is 11.3 Å². The van der Waals surface area contributed by atoms with Crippen molar-refractivity contribution < 1.29 is 4.79 Å². The summed E-state index contributed by atoms with van der Waals surface area (Å²) < 4.78 is 0. The molecule has 4 nitrogen and oxygen atoms in total. The number of carbonyl (C=O) groups is 1. The zero-order chi connectivity index (χ0) is 11.4. The molecule has 0 unspecified atom stereocenters. The average molecular weight is 227 g/mol. The van der Waals surface area contributed by atoms with Crippen molar-refractivity contribution in [2.75, 3.05) is 14.1 Å². The number of urea groups is 1. The third-order valence-corrected chi connectivity index (χ3v) is 3.22. The van der Waals surface area contributed by atoms with Crippen molar-refractivity contribution in [1.29, 1.82) is 0 Å². The van der Waals surface area contributed by atoms with Crippen LogP contribution in [0.2, 0.25) is 0 Å². The summed E-state index contributed by atoms with van der Waals surface area (Å²) in [6.07, 6.45) is 0. The molecule has 15 heavy (non-hydrogen) atoms. The Morgan fingerprint density at radius 3 is 2.80 bits per heavy atom. The minimum atomic E-state index is -0.0888. The van der Waals surface area contributed by atoms with Crippen LogP contribution in [0.4, 0.5) is 4.79 Å². The highest BCUT2D eigenvalue weighted by Crippen LogP contribution is 2.19. The van der Waals surface area contributed by atoms with Gasteiger partial charge in [-0.25, -0.2) is 9.78 Å². The molecule has 0 fully saturated rings. The topological polar surface area (TPSA) is 45.2 Å². The molecule has 0 atom stereocenters. The molecule has 5 heteroatoms. The van der Waals surface area contributed by atoms with Crippen molar-refractivity contribution in [1.82, 2.24) is 15.2 Å². The summed E-state index contributed by atoms with van der Waals surface area (Å²) in [6.45, 7) is 4.79. The lowest BCUT2D eigenvalue weighted by Crippen LogP contribution is -2.34. The van der Waals surface area contributed by atoms with Crippen LogP contribution in [0.15, 0.2) is 5.38 Å². The molecule has 1 aromatic heterocycles. The van der Waals surface area contributed by atoms with Crippen molar-refractivity contribution in [2.24, 2.45) is 0 Å². The monoisotopic (exact) mass is 227 g/mol. The highest BCUT2D eigenvalue weighted by Gasteiger charge is 2.10. The van der Waals surface area contributed by atoms with Crippen LogP contribution in [-0.2, 0) is 6.54 Å². The first-order valence-electron chi connectivity index (χ1n) is 4.91. The van der Waals surface area contributed by atoms with E-state index in [4.69, 9.17) is 0 Å². The summed E-state index contributed by atoms with van der Waals surface area (Å²) in [5.41, 5.74) is 0.954.